The maximum Gasteiger partial charge on any atom is 0.341 e. The number of methoxy groups -OCH3 is 2. The fraction of sp³-hybridized carbons (Fsp3) is 0.308. The van der Waals surface area contributed by atoms with E-state index in [4.69, 9.17) is 5.73 Å². The maximum absolute atomic E-state index is 11.5. The van der Waals surface area contributed by atoms with Crippen molar-refractivity contribution in [3.8, 4) is 0 Å². The molecule has 0 unspecified atom stereocenters. The van der Waals surface area contributed by atoms with Gasteiger partial charge in [0.05, 0.1) is 31.9 Å². The Labute approximate surface area is 115 Å². The van der Waals surface area contributed by atoms with Crippen LogP contribution < -0.4 is 5.73 Å². The van der Waals surface area contributed by atoms with Gasteiger partial charge in [-0.25, -0.2) is 9.31 Å². The van der Waals surface area contributed by atoms with Gasteiger partial charge in [-0.2, -0.15) is 5.10 Å². The summed E-state index contributed by atoms with van der Waals surface area (Å²) in [5.41, 5.74) is 7.84. The van der Waals surface area contributed by atoms with Crippen molar-refractivity contribution in [1.82, 2.24) is 9.61 Å². The summed E-state index contributed by atoms with van der Waals surface area (Å²) in [7, 11) is 2.63. The quantitative estimate of drug-likeness (QED) is 0.831. The Bertz CT molecular complexity index is 663. The molecule has 0 aromatic carbocycles. The van der Waals surface area contributed by atoms with Crippen molar-refractivity contribution in [1.29, 1.82) is 0 Å². The van der Waals surface area contributed by atoms with E-state index in [2.05, 4.69) is 14.6 Å². The number of hydrogen-bond acceptors (Lipinski definition) is 6. The number of aromatic nitrogens is 2. The predicted molar refractivity (Wildman–Crippen MR) is 71.3 cm³/mol. The number of nitrogens with zero attached hydrogens (tertiary/aromatic N) is 2. The molecule has 0 atom stereocenters. The van der Waals surface area contributed by atoms with Gasteiger partial charge in [0.25, 0.3) is 0 Å². The van der Waals surface area contributed by atoms with Crippen LogP contribution in [0.5, 0.6) is 0 Å². The number of carbonyl (C=O) groups excluding carboxylic acids is 2. The first-order valence-electron chi connectivity index (χ1n) is 5.98. The summed E-state index contributed by atoms with van der Waals surface area (Å²) in [6.45, 7) is 0. The fourth-order valence-corrected chi connectivity index (χ4v) is 1.84. The van der Waals surface area contributed by atoms with E-state index in [1.165, 1.54) is 24.9 Å². The Hall–Kier alpha value is -2.57. The van der Waals surface area contributed by atoms with E-state index in [0.717, 1.165) is 11.2 Å². The first-order valence-corrected chi connectivity index (χ1v) is 5.98. The van der Waals surface area contributed by atoms with Crippen LogP contribution in [-0.2, 0) is 20.7 Å². The van der Waals surface area contributed by atoms with Gasteiger partial charge in [0.1, 0.15) is 5.56 Å². The molecule has 7 nitrogen and oxygen atoms in total. The second kappa shape index (κ2) is 5.60. The van der Waals surface area contributed by atoms with Crippen molar-refractivity contribution < 1.29 is 19.1 Å². The van der Waals surface area contributed by atoms with Gasteiger partial charge in [-0.05, 0) is 12.1 Å². The van der Waals surface area contributed by atoms with Crippen molar-refractivity contribution in [3.63, 3.8) is 0 Å². The molecule has 0 aliphatic carbocycles. The number of fused-ring (bicyclic) bond motifs is 1. The van der Waals surface area contributed by atoms with E-state index in [1.807, 2.05) is 0 Å². The molecule has 0 saturated heterocycles. The molecule has 0 fully saturated rings. The monoisotopic (exact) mass is 277 g/mol. The summed E-state index contributed by atoms with van der Waals surface area (Å²) < 4.78 is 10.8. The van der Waals surface area contributed by atoms with E-state index in [-0.39, 0.29) is 18.0 Å². The summed E-state index contributed by atoms with van der Waals surface area (Å²) in [5, 5.41) is 4.28. The Kier molecular flexibility index (Phi) is 3.88. The van der Waals surface area contributed by atoms with Crippen molar-refractivity contribution in [2.45, 2.75) is 12.8 Å². The summed E-state index contributed by atoms with van der Waals surface area (Å²) >= 11 is 0. The van der Waals surface area contributed by atoms with Crippen molar-refractivity contribution in [2.75, 3.05) is 20.0 Å². The Balaban J connectivity index is 2.30. The lowest BCUT2D eigenvalue weighted by Gasteiger charge is -2.03. The number of hydrogen-bond donors (Lipinski definition) is 1. The van der Waals surface area contributed by atoms with Crippen LogP contribution in [0.2, 0.25) is 0 Å². The largest absolute Gasteiger partial charge is 0.469 e. The Morgan fingerprint density at radius 1 is 1.30 bits per heavy atom. The number of ether oxygens (including phenoxy) is 2. The predicted octanol–water partition coefficient (Wildman–Crippen LogP) is 0.809. The summed E-state index contributed by atoms with van der Waals surface area (Å²) in [6, 6.07) is 3.45. The molecule has 0 aliphatic heterocycles. The van der Waals surface area contributed by atoms with Crippen molar-refractivity contribution in [2.24, 2.45) is 0 Å². The van der Waals surface area contributed by atoms with Crippen LogP contribution in [0.25, 0.3) is 5.52 Å². The molecule has 7 heteroatoms. The third kappa shape index (κ3) is 2.71. The zero-order chi connectivity index (χ0) is 14.7. The molecular weight excluding hydrogens is 262 g/mol. The third-order valence-electron chi connectivity index (χ3n) is 2.90. The number of carbonyl (C=O) groups is 2. The van der Waals surface area contributed by atoms with Gasteiger partial charge in [0.15, 0.2) is 0 Å². The SMILES string of the molecule is COC(=O)CCc1cc2cc(N)c(C(=O)OC)cn2n1. The van der Waals surface area contributed by atoms with E-state index < -0.39 is 5.97 Å². The number of nitrogens with two attached hydrogens (primary N) is 1. The molecule has 0 bridgehead atoms. The fourth-order valence-electron chi connectivity index (χ4n) is 1.84. The standard InChI is InChI=1S/C13H15N3O4/c1-19-12(17)4-3-8-5-9-6-11(14)10(13(18)20-2)7-16(9)15-8/h5-7H,3-4,14H2,1-2H3. The lowest BCUT2D eigenvalue weighted by molar-refractivity contribution is -0.140. The van der Waals surface area contributed by atoms with Crippen LogP contribution >= 0.6 is 0 Å². The summed E-state index contributed by atoms with van der Waals surface area (Å²) in [4.78, 5) is 22.6. The molecule has 2 rings (SSSR count). The molecule has 2 aromatic rings. The first kappa shape index (κ1) is 13.9. The lowest BCUT2D eigenvalue weighted by Crippen LogP contribution is -2.07. The van der Waals surface area contributed by atoms with E-state index in [1.54, 1.807) is 12.1 Å². The maximum atomic E-state index is 11.5. The summed E-state index contributed by atoms with van der Waals surface area (Å²) in [5.74, 6) is -0.812. The minimum atomic E-state index is -0.518. The van der Waals surface area contributed by atoms with E-state index in [9.17, 15) is 9.59 Å². The normalized spacial score (nSPS) is 10.5. The molecule has 20 heavy (non-hydrogen) atoms. The zero-order valence-corrected chi connectivity index (χ0v) is 11.3. The lowest BCUT2D eigenvalue weighted by atomic mass is 10.2. The highest BCUT2D eigenvalue weighted by molar-refractivity contribution is 5.95. The number of rotatable bonds is 4. The highest BCUT2D eigenvalue weighted by Gasteiger charge is 2.13. The molecule has 0 amide bonds. The highest BCUT2D eigenvalue weighted by atomic mass is 16.5. The van der Waals surface area contributed by atoms with Gasteiger partial charge in [-0.1, -0.05) is 0 Å². The molecule has 0 saturated carbocycles. The Morgan fingerprint density at radius 3 is 2.70 bits per heavy atom. The van der Waals surface area contributed by atoms with Gasteiger partial charge in [-0.3, -0.25) is 4.79 Å². The van der Waals surface area contributed by atoms with Crippen LogP contribution in [0, 0.1) is 0 Å². The number of nitrogen functional groups attached to an aromatic ring is 1. The molecule has 2 N–H and O–H groups in total. The smallest absolute Gasteiger partial charge is 0.341 e. The van der Waals surface area contributed by atoms with Crippen LogP contribution in [-0.4, -0.2) is 35.8 Å². The minimum absolute atomic E-state index is 0.250. The third-order valence-corrected chi connectivity index (χ3v) is 2.90. The van der Waals surface area contributed by atoms with E-state index in [0.29, 0.717) is 12.1 Å². The van der Waals surface area contributed by atoms with Gasteiger partial charge in [0, 0.05) is 18.3 Å². The topological polar surface area (TPSA) is 95.9 Å². The molecule has 2 heterocycles. The number of aryl methyl sites for hydroxylation is 1. The van der Waals surface area contributed by atoms with Crippen LogP contribution in [0.4, 0.5) is 5.69 Å². The molecule has 2 aromatic heterocycles. The first-order chi connectivity index (χ1) is 9.55. The van der Waals surface area contributed by atoms with Crippen molar-refractivity contribution in [3.05, 3.63) is 29.6 Å². The highest BCUT2D eigenvalue weighted by Crippen LogP contribution is 2.17. The van der Waals surface area contributed by atoms with Crippen LogP contribution in [0.15, 0.2) is 18.3 Å². The van der Waals surface area contributed by atoms with Gasteiger partial charge < -0.3 is 15.2 Å². The zero-order valence-electron chi connectivity index (χ0n) is 11.3. The van der Waals surface area contributed by atoms with Crippen molar-refractivity contribution >= 4 is 23.1 Å². The summed E-state index contributed by atoms with van der Waals surface area (Å²) in [6.07, 6.45) is 2.22. The Morgan fingerprint density at radius 2 is 2.05 bits per heavy atom. The number of anilines is 1. The van der Waals surface area contributed by atoms with Crippen LogP contribution in [0.1, 0.15) is 22.5 Å². The average molecular weight is 277 g/mol. The van der Waals surface area contributed by atoms with Crippen LogP contribution in [0.3, 0.4) is 0 Å². The second-order valence-corrected chi connectivity index (χ2v) is 4.22. The molecule has 0 radical (unpaired) electrons. The average Bonchev–Trinajstić information content (AvgIpc) is 2.84. The number of pyridine rings is 1. The van der Waals surface area contributed by atoms with Gasteiger partial charge >= 0.3 is 11.9 Å². The van der Waals surface area contributed by atoms with Gasteiger partial charge in [0.2, 0.25) is 0 Å². The van der Waals surface area contributed by atoms with E-state index >= 15 is 0 Å². The molecule has 0 spiro atoms. The second-order valence-electron chi connectivity index (χ2n) is 4.22. The van der Waals surface area contributed by atoms with Gasteiger partial charge in [-0.15, -0.1) is 0 Å². The molecule has 106 valence electrons. The molecular formula is C13H15N3O4. The minimum Gasteiger partial charge on any atom is -0.469 e. The number of esters is 2. The molecule has 0 aliphatic rings.